The lowest BCUT2D eigenvalue weighted by Crippen LogP contribution is -2.60. The summed E-state index contributed by atoms with van der Waals surface area (Å²) in [6, 6.07) is 16.0. The maximum atomic E-state index is 13.4. The number of sulfonamides is 1. The van der Waals surface area contributed by atoms with Crippen LogP contribution in [-0.2, 0) is 15.4 Å². The number of piperidine rings is 1. The highest BCUT2D eigenvalue weighted by Gasteiger charge is 2.40. The summed E-state index contributed by atoms with van der Waals surface area (Å²) in [6.45, 7) is 7.45. The molecule has 2 aromatic carbocycles. The Morgan fingerprint density at radius 3 is 2.45 bits per heavy atom. The minimum absolute atomic E-state index is 0.0854. The van der Waals surface area contributed by atoms with Crippen molar-refractivity contribution in [3.05, 3.63) is 69.7 Å². The van der Waals surface area contributed by atoms with Crippen LogP contribution in [0.1, 0.15) is 48.0 Å². The van der Waals surface area contributed by atoms with E-state index < -0.39 is 10.0 Å². The van der Waals surface area contributed by atoms with Gasteiger partial charge < -0.3 is 9.80 Å². The van der Waals surface area contributed by atoms with Crippen molar-refractivity contribution >= 4 is 39.1 Å². The first-order valence-electron chi connectivity index (χ1n) is 14.4. The average molecular weight is 608 g/mol. The molecule has 10 heteroatoms. The summed E-state index contributed by atoms with van der Waals surface area (Å²) in [5.74, 6) is 0.0854. The maximum absolute atomic E-state index is 13.4. The number of benzene rings is 2. The van der Waals surface area contributed by atoms with Crippen LogP contribution < -0.4 is 0 Å². The zero-order valence-electron chi connectivity index (χ0n) is 23.3. The third-order valence-electron chi connectivity index (χ3n) is 8.96. The first kappa shape index (κ1) is 29.8. The second-order valence-electron chi connectivity index (χ2n) is 11.7. The molecule has 3 aliphatic heterocycles. The van der Waals surface area contributed by atoms with Crippen LogP contribution in [0.2, 0.25) is 10.0 Å². The molecule has 0 aliphatic carbocycles. The van der Waals surface area contributed by atoms with Gasteiger partial charge in [-0.15, -0.1) is 0 Å². The Kier molecular flexibility index (Phi) is 9.44. The van der Waals surface area contributed by atoms with Gasteiger partial charge in [0, 0.05) is 62.8 Å². The third-order valence-corrected chi connectivity index (χ3v) is 11.0. The highest BCUT2D eigenvalue weighted by Crippen LogP contribution is 2.41. The molecule has 0 unspecified atom stereocenters. The fraction of sp³-hybridized carbons (Fsp3) is 0.567. The van der Waals surface area contributed by atoms with E-state index >= 15 is 0 Å². The van der Waals surface area contributed by atoms with Gasteiger partial charge in [-0.05, 0) is 75.0 Å². The van der Waals surface area contributed by atoms with Gasteiger partial charge in [-0.2, -0.15) is 0 Å². The maximum Gasteiger partial charge on any atom is 0.253 e. The molecule has 0 aromatic heterocycles. The standard InChI is InChI=1S/C30H40Cl2N4O3S/c1-40(38,39)36-17-7-16-34(18-19-36)26-21-33(22-26)14-5-12-30(25-10-11-27(31)28(32)20-25)13-6-15-35(23-30)29(37)24-8-3-2-4-9-24/h2-4,8-11,20,26H,5-7,12-19,21-23H2,1H3/t30-/m0/s1. The number of halogens is 2. The molecule has 1 amide bonds. The van der Waals surface area contributed by atoms with Crippen molar-refractivity contribution in [3.8, 4) is 0 Å². The number of carbonyl (C=O) groups is 1. The first-order chi connectivity index (χ1) is 19.1. The number of hydrogen-bond acceptors (Lipinski definition) is 5. The fourth-order valence-electron chi connectivity index (χ4n) is 6.69. The van der Waals surface area contributed by atoms with Gasteiger partial charge >= 0.3 is 0 Å². The second-order valence-corrected chi connectivity index (χ2v) is 14.5. The molecule has 40 heavy (non-hydrogen) atoms. The van der Waals surface area contributed by atoms with Crippen molar-refractivity contribution < 1.29 is 13.2 Å². The Morgan fingerprint density at radius 2 is 1.73 bits per heavy atom. The van der Waals surface area contributed by atoms with Crippen molar-refractivity contribution in [1.29, 1.82) is 0 Å². The van der Waals surface area contributed by atoms with Crippen LogP contribution in [0.5, 0.6) is 0 Å². The molecule has 5 rings (SSSR count). The Labute approximate surface area is 249 Å². The molecule has 0 radical (unpaired) electrons. The molecule has 7 nitrogen and oxygen atoms in total. The lowest BCUT2D eigenvalue weighted by Gasteiger charge is -2.47. The van der Waals surface area contributed by atoms with Crippen molar-refractivity contribution in [2.75, 3.05) is 65.2 Å². The molecule has 2 aromatic rings. The Morgan fingerprint density at radius 1 is 0.950 bits per heavy atom. The predicted octanol–water partition coefficient (Wildman–Crippen LogP) is 4.60. The summed E-state index contributed by atoms with van der Waals surface area (Å²) in [5.41, 5.74) is 1.72. The van der Waals surface area contributed by atoms with Crippen LogP contribution in [0.4, 0.5) is 0 Å². The minimum Gasteiger partial charge on any atom is -0.338 e. The van der Waals surface area contributed by atoms with Gasteiger partial charge in [-0.3, -0.25) is 9.69 Å². The van der Waals surface area contributed by atoms with Crippen molar-refractivity contribution in [1.82, 2.24) is 19.0 Å². The predicted molar refractivity (Wildman–Crippen MR) is 162 cm³/mol. The normalized spacial score (nSPS) is 24.0. The largest absolute Gasteiger partial charge is 0.338 e. The van der Waals surface area contributed by atoms with E-state index in [2.05, 4.69) is 15.9 Å². The van der Waals surface area contributed by atoms with Gasteiger partial charge in [0.15, 0.2) is 0 Å². The van der Waals surface area contributed by atoms with Gasteiger partial charge in [0.05, 0.1) is 16.3 Å². The Bertz CT molecular complexity index is 1290. The van der Waals surface area contributed by atoms with Crippen LogP contribution in [-0.4, -0.2) is 105 Å². The molecule has 0 bridgehead atoms. The summed E-state index contributed by atoms with van der Waals surface area (Å²) < 4.78 is 25.5. The van der Waals surface area contributed by atoms with Crippen LogP contribution in [0, 0.1) is 0 Å². The first-order valence-corrected chi connectivity index (χ1v) is 17.0. The molecule has 3 fully saturated rings. The number of amides is 1. The SMILES string of the molecule is CS(=O)(=O)N1CCCN(C2CN(CCC[C@]3(c4ccc(Cl)c(Cl)c4)CCCN(C(=O)c4ccccc4)C3)C2)CC1. The van der Waals surface area contributed by atoms with E-state index in [-0.39, 0.29) is 11.3 Å². The van der Waals surface area contributed by atoms with E-state index in [9.17, 15) is 13.2 Å². The van der Waals surface area contributed by atoms with E-state index in [4.69, 9.17) is 23.2 Å². The summed E-state index contributed by atoms with van der Waals surface area (Å²) in [6.07, 6.45) is 6.15. The zero-order valence-corrected chi connectivity index (χ0v) is 25.6. The molecule has 1 atom stereocenters. The number of carbonyl (C=O) groups excluding carboxylic acids is 1. The minimum atomic E-state index is -3.12. The van der Waals surface area contributed by atoms with Crippen LogP contribution >= 0.6 is 23.2 Å². The van der Waals surface area contributed by atoms with Crippen molar-refractivity contribution in [2.45, 2.75) is 43.6 Å². The van der Waals surface area contributed by atoms with Gasteiger partial charge in [-0.25, -0.2) is 12.7 Å². The summed E-state index contributed by atoms with van der Waals surface area (Å²) in [5, 5.41) is 1.11. The number of hydrogen-bond donors (Lipinski definition) is 0. The molecule has 3 aliphatic rings. The molecular weight excluding hydrogens is 567 g/mol. The fourth-order valence-corrected chi connectivity index (χ4v) is 7.86. The molecule has 0 N–H and O–H groups in total. The van der Waals surface area contributed by atoms with Gasteiger partial charge in [0.1, 0.15) is 0 Å². The van der Waals surface area contributed by atoms with Crippen LogP contribution in [0.25, 0.3) is 0 Å². The Balaban J connectivity index is 1.20. The smallest absolute Gasteiger partial charge is 0.253 e. The van der Waals surface area contributed by atoms with E-state index in [0.717, 1.165) is 82.5 Å². The quantitative estimate of drug-likeness (QED) is 0.439. The molecule has 3 heterocycles. The van der Waals surface area contributed by atoms with E-state index in [1.54, 1.807) is 4.31 Å². The number of nitrogens with zero attached hydrogens (tertiary/aromatic N) is 4. The lowest BCUT2D eigenvalue weighted by atomic mass is 9.71. The van der Waals surface area contributed by atoms with E-state index in [1.165, 1.54) is 6.26 Å². The van der Waals surface area contributed by atoms with Crippen molar-refractivity contribution in [2.24, 2.45) is 0 Å². The number of rotatable bonds is 8. The summed E-state index contributed by atoms with van der Waals surface area (Å²) >= 11 is 12.8. The molecular formula is C30H40Cl2N4O3S. The van der Waals surface area contributed by atoms with E-state index in [1.807, 2.05) is 47.4 Å². The third kappa shape index (κ3) is 6.85. The summed E-state index contributed by atoms with van der Waals surface area (Å²) in [7, 11) is -3.12. The topological polar surface area (TPSA) is 64.2 Å². The van der Waals surface area contributed by atoms with Gasteiger partial charge in [-0.1, -0.05) is 47.5 Å². The average Bonchev–Trinajstić information content (AvgIpc) is 3.18. The summed E-state index contributed by atoms with van der Waals surface area (Å²) in [4.78, 5) is 20.4. The van der Waals surface area contributed by atoms with Gasteiger partial charge in [0.25, 0.3) is 5.91 Å². The van der Waals surface area contributed by atoms with E-state index in [0.29, 0.717) is 35.7 Å². The van der Waals surface area contributed by atoms with Crippen LogP contribution in [0.3, 0.4) is 0 Å². The monoisotopic (exact) mass is 606 g/mol. The molecule has 218 valence electrons. The molecule has 0 saturated carbocycles. The zero-order chi connectivity index (χ0) is 28.3. The van der Waals surface area contributed by atoms with Gasteiger partial charge in [0.2, 0.25) is 10.0 Å². The molecule has 3 saturated heterocycles. The lowest BCUT2D eigenvalue weighted by molar-refractivity contribution is 0.0328. The highest BCUT2D eigenvalue weighted by molar-refractivity contribution is 7.88. The highest BCUT2D eigenvalue weighted by atomic mass is 35.5. The van der Waals surface area contributed by atoms with Crippen LogP contribution in [0.15, 0.2) is 48.5 Å². The Hall–Kier alpha value is -1.68. The van der Waals surface area contributed by atoms with Crippen molar-refractivity contribution in [3.63, 3.8) is 0 Å². The molecule has 0 spiro atoms. The number of likely N-dealkylation sites (tertiary alicyclic amines) is 2. The second kappa shape index (κ2) is 12.7.